The number of ether oxygens (including phenoxy) is 3. The van der Waals surface area contributed by atoms with Crippen molar-refractivity contribution in [3.63, 3.8) is 0 Å². The summed E-state index contributed by atoms with van der Waals surface area (Å²) < 4.78 is 35.7. The van der Waals surface area contributed by atoms with E-state index in [1.165, 1.54) is 15.6 Å². The Morgan fingerprint density at radius 1 is 0.949 bits per heavy atom. The van der Waals surface area contributed by atoms with Crippen LogP contribution < -0.4 is 25.0 Å². The average Bonchev–Trinajstić information content (AvgIpc) is 4.47. The fourth-order valence-electron chi connectivity index (χ4n) is 10.8. The van der Waals surface area contributed by atoms with Gasteiger partial charge in [0.2, 0.25) is 11.8 Å². The highest BCUT2D eigenvalue weighted by molar-refractivity contribution is 6.39. The molecular weight excluding hydrogens is 1080 g/mol. The molecule has 0 aliphatic carbocycles. The molecule has 2 amide bonds. The van der Waals surface area contributed by atoms with Gasteiger partial charge in [0.1, 0.15) is 53.3 Å². The Labute approximate surface area is 468 Å². The van der Waals surface area contributed by atoms with Crippen molar-refractivity contribution >= 4 is 74.2 Å². The first kappa shape index (κ1) is 53.9. The highest BCUT2D eigenvalue weighted by atomic mass is 35.5. The van der Waals surface area contributed by atoms with Crippen LogP contribution in [0.2, 0.25) is 15.2 Å². The zero-order chi connectivity index (χ0) is 55.2. The van der Waals surface area contributed by atoms with Gasteiger partial charge in [-0.2, -0.15) is 15.1 Å². The van der Waals surface area contributed by atoms with Crippen molar-refractivity contribution in [2.75, 3.05) is 44.9 Å². The molecule has 5 N–H and O–H groups in total. The van der Waals surface area contributed by atoms with E-state index in [1.54, 1.807) is 50.0 Å². The number of likely N-dealkylation sites (tertiary alicyclic amines) is 1. The first-order valence-electron chi connectivity index (χ1n) is 25.9. The molecule has 19 nitrogen and oxygen atoms in total. The van der Waals surface area contributed by atoms with E-state index in [-0.39, 0.29) is 77.7 Å². The van der Waals surface area contributed by atoms with Crippen molar-refractivity contribution in [2.45, 2.75) is 82.6 Å². The number of rotatable bonds is 18. The summed E-state index contributed by atoms with van der Waals surface area (Å²) in [6.07, 6.45) is 4.57. The number of aromatic nitrogens is 8. The highest BCUT2D eigenvalue weighted by Gasteiger charge is 2.44. The molecule has 3 aliphatic rings. The maximum Gasteiger partial charge on any atom is 0.319 e. The van der Waals surface area contributed by atoms with Crippen molar-refractivity contribution in [3.05, 3.63) is 124 Å². The molecule has 410 valence electrons. The lowest BCUT2D eigenvalue weighted by Gasteiger charge is -2.30. The lowest BCUT2D eigenvalue weighted by Crippen LogP contribution is -2.50. The molecule has 4 aromatic carbocycles. The van der Waals surface area contributed by atoms with Gasteiger partial charge < -0.3 is 44.9 Å². The van der Waals surface area contributed by atoms with Crippen molar-refractivity contribution in [1.29, 1.82) is 0 Å². The van der Waals surface area contributed by atoms with E-state index in [1.807, 2.05) is 63.2 Å². The van der Waals surface area contributed by atoms with Gasteiger partial charge in [0.25, 0.3) is 0 Å². The van der Waals surface area contributed by atoms with Gasteiger partial charge in [-0.15, -0.1) is 5.10 Å². The second-order valence-corrected chi connectivity index (χ2v) is 21.7. The number of β-amino-alcohol motifs (C(OH)–C–C–N with tert-alkyl or cyclic N) is 1. The largest absolute Gasteiger partial charge is 0.486 e. The Bertz CT molecular complexity index is 3570. The van der Waals surface area contributed by atoms with Crippen molar-refractivity contribution < 1.29 is 38.4 Å². The normalized spacial score (nSPS) is 19.2. The molecule has 11 rings (SSSR count). The second-order valence-electron chi connectivity index (χ2n) is 20.5. The number of H-pyrrole nitrogens is 1. The maximum absolute atomic E-state index is 15.7. The molecule has 7 atom stereocenters. The minimum atomic E-state index is -1.02. The minimum Gasteiger partial charge on any atom is -0.486 e. The van der Waals surface area contributed by atoms with Crippen LogP contribution in [-0.2, 0) is 20.9 Å². The minimum absolute atomic E-state index is 0.00136. The van der Waals surface area contributed by atoms with Gasteiger partial charge in [-0.05, 0) is 54.2 Å². The number of halogens is 4. The number of hydrogen-bond donors (Lipinski definition) is 5. The molecular formula is C56H56Cl3FN12O7. The van der Waals surface area contributed by atoms with Crippen LogP contribution in [0, 0.1) is 11.7 Å². The zero-order valence-electron chi connectivity index (χ0n) is 43.4. The molecule has 7 heterocycles. The molecule has 79 heavy (non-hydrogen) atoms. The van der Waals surface area contributed by atoms with Crippen molar-refractivity contribution in [3.8, 4) is 45.3 Å². The molecule has 23 heteroatoms. The second kappa shape index (κ2) is 22.6. The number of fused-ring (bicyclic) bond motifs is 4. The molecule has 8 aromatic rings. The van der Waals surface area contributed by atoms with E-state index in [0.717, 1.165) is 29.7 Å². The number of methoxy groups -OCH3 is 1. The van der Waals surface area contributed by atoms with E-state index in [9.17, 15) is 19.8 Å². The van der Waals surface area contributed by atoms with Gasteiger partial charge in [-0.1, -0.05) is 102 Å². The summed E-state index contributed by atoms with van der Waals surface area (Å²) in [4.78, 5) is 46.2. The number of nitrogens with zero attached hydrogens (tertiary/aromatic N) is 9. The van der Waals surface area contributed by atoms with Crippen LogP contribution in [-0.4, -0.2) is 137 Å². The Balaban J connectivity index is 0.852. The van der Waals surface area contributed by atoms with Gasteiger partial charge in [-0.25, -0.2) is 14.1 Å². The van der Waals surface area contributed by atoms with Crippen LogP contribution in [0.1, 0.15) is 56.8 Å². The fraction of sp³-hybridized carbons (Fsp3) is 0.357. The number of benzene rings is 4. The van der Waals surface area contributed by atoms with Crippen LogP contribution >= 0.6 is 34.8 Å². The SMILES string of the molecule is CO[C@@H](C)COc1nc(N2C[C@@H]3C[C@H]2CN3)c2cc(Cl)c(-c3c(Cl)c(F)cc4[nH]ncc34)c(OCc3ccc(-c4cn([C@H](C(=O)N5C[C@H](O)C[C@H]5C(=O)N[C@@H](CO)c5ccc(-c6cccnc6Cl)cc5)C(C)C)nn4)cc3)c2n1. The molecule has 0 unspecified atom stereocenters. The van der Waals surface area contributed by atoms with Crippen LogP contribution in [0.5, 0.6) is 11.8 Å². The molecule has 4 aromatic heterocycles. The standard InChI is InChI=1S/C56H56Cl3FN12O7/c1-28(2)50(55(76)71-23-36(74)17-45(71)54(75)64-44(25-73)33-13-11-31(12-14-33)37-6-5-15-61-52(37)59)72-24-43(68-69-72)32-9-7-30(8-10-32)27-78-51-47(46-39-21-63-67-42(39)19-41(60)48(46)58)40(57)18-38-49(51)65-56(79-26-29(3)77-4)66-53(38)70-22-34-16-35(70)20-62-34/h5-15,18-19,21,24,28-29,34-36,44-45,50,62,73-74H,16-17,20,22-23,25-27H2,1-4H3,(H,63,67)(H,64,75)/t29-,34-,35-,36+,44-,45-,50-/m0/s1. The number of nitrogens with one attached hydrogen (secondary N) is 3. The molecule has 0 saturated carbocycles. The monoisotopic (exact) mass is 1130 g/mol. The average molecular weight is 1130 g/mol. The van der Waals surface area contributed by atoms with Gasteiger partial charge in [-0.3, -0.25) is 14.7 Å². The summed E-state index contributed by atoms with van der Waals surface area (Å²) in [6, 6.07) is 19.2. The Hall–Kier alpha value is -7.04. The zero-order valence-corrected chi connectivity index (χ0v) is 45.7. The van der Waals surface area contributed by atoms with Crippen molar-refractivity contribution in [1.82, 2.24) is 55.7 Å². The number of pyridine rings is 1. The van der Waals surface area contributed by atoms with Gasteiger partial charge in [0, 0.05) is 90.5 Å². The van der Waals surface area contributed by atoms with Gasteiger partial charge in [0.15, 0.2) is 5.75 Å². The number of amides is 2. The van der Waals surface area contributed by atoms with Crippen LogP contribution in [0.4, 0.5) is 10.2 Å². The number of aliphatic hydroxyl groups excluding tert-OH is 2. The van der Waals surface area contributed by atoms with E-state index < -0.39 is 48.5 Å². The van der Waals surface area contributed by atoms with Crippen molar-refractivity contribution in [2.24, 2.45) is 5.92 Å². The van der Waals surface area contributed by atoms with Crippen LogP contribution in [0.15, 0.2) is 91.4 Å². The third-order valence-electron chi connectivity index (χ3n) is 15.0. The topological polar surface area (TPSA) is 231 Å². The Kier molecular flexibility index (Phi) is 15.4. The number of hydrogen-bond acceptors (Lipinski definition) is 15. The van der Waals surface area contributed by atoms with Crippen LogP contribution in [0.3, 0.4) is 0 Å². The summed E-state index contributed by atoms with van der Waals surface area (Å²) in [5.74, 6) is -1.08. The number of piperazine rings is 1. The van der Waals surface area contributed by atoms with E-state index in [4.69, 9.17) is 59.0 Å². The smallest absolute Gasteiger partial charge is 0.319 e. The van der Waals surface area contributed by atoms with Crippen LogP contribution in [0.25, 0.3) is 55.3 Å². The predicted molar refractivity (Wildman–Crippen MR) is 297 cm³/mol. The lowest BCUT2D eigenvalue weighted by atomic mass is 9.98. The third-order valence-corrected chi connectivity index (χ3v) is 16.0. The highest BCUT2D eigenvalue weighted by Crippen LogP contribution is 2.50. The van der Waals surface area contributed by atoms with E-state index >= 15 is 4.39 Å². The molecule has 0 radical (unpaired) electrons. The number of carbonyl (C=O) groups is 2. The number of carbonyl (C=O) groups excluding carboxylic acids is 2. The van der Waals surface area contributed by atoms with E-state index in [2.05, 4.69) is 41.0 Å². The summed E-state index contributed by atoms with van der Waals surface area (Å²) in [5.41, 5.74) is 5.43. The third kappa shape index (κ3) is 10.7. The number of aromatic amines is 1. The molecule has 3 saturated heterocycles. The quantitative estimate of drug-likeness (QED) is 0.0511. The predicted octanol–water partition coefficient (Wildman–Crippen LogP) is 8.14. The first-order chi connectivity index (χ1) is 38.2. The maximum atomic E-state index is 15.7. The first-order valence-corrected chi connectivity index (χ1v) is 27.1. The summed E-state index contributed by atoms with van der Waals surface area (Å²) in [5, 5.41) is 45.2. The summed E-state index contributed by atoms with van der Waals surface area (Å²) >= 11 is 20.5. The Morgan fingerprint density at radius 2 is 1.73 bits per heavy atom. The number of aliphatic hydroxyl groups is 2. The summed E-state index contributed by atoms with van der Waals surface area (Å²) in [7, 11) is 1.60. The van der Waals surface area contributed by atoms with Gasteiger partial charge in [0.05, 0.1) is 52.8 Å². The molecule has 3 aliphatic heterocycles. The summed E-state index contributed by atoms with van der Waals surface area (Å²) in [6.45, 7) is 6.79. The molecule has 0 spiro atoms. The van der Waals surface area contributed by atoms with Gasteiger partial charge >= 0.3 is 6.01 Å². The Morgan fingerprint density at radius 3 is 2.44 bits per heavy atom. The molecule has 3 fully saturated rings. The lowest BCUT2D eigenvalue weighted by molar-refractivity contribution is -0.142. The fourth-order valence-corrected chi connectivity index (χ4v) is 11.6. The number of anilines is 1. The van der Waals surface area contributed by atoms with E-state index in [0.29, 0.717) is 61.7 Å². The molecule has 2 bridgehead atoms.